The van der Waals surface area contributed by atoms with E-state index in [1.807, 2.05) is 0 Å². The fraction of sp³-hybridized carbons (Fsp3) is 0.261. The number of halogens is 3. The van der Waals surface area contributed by atoms with Gasteiger partial charge in [-0.1, -0.05) is 6.92 Å². The van der Waals surface area contributed by atoms with Gasteiger partial charge in [0, 0.05) is 30.4 Å². The van der Waals surface area contributed by atoms with Crippen molar-refractivity contribution < 1.29 is 35.8 Å². The summed E-state index contributed by atoms with van der Waals surface area (Å²) in [6.07, 6.45) is -3.33. The lowest BCUT2D eigenvalue weighted by Crippen LogP contribution is -2.16. The van der Waals surface area contributed by atoms with Gasteiger partial charge in [-0.15, -0.1) is 13.2 Å². The van der Waals surface area contributed by atoms with Crippen molar-refractivity contribution in [3.63, 3.8) is 0 Å². The standard InChI is InChI=1S/C23H22F3NO6S/c1-4-31-21-13-22(28)27(3)14-19(21)18-12-17(34(29,30)5-2)10-11-20(18)32-15-6-8-16(9-7-15)33-23(24,25)26/h6-14H,4-5H2,1-3H3. The number of ether oxygens (including phenoxy) is 3. The second-order valence-electron chi connectivity index (χ2n) is 7.12. The number of rotatable bonds is 8. The number of pyridine rings is 1. The third-order valence-corrected chi connectivity index (χ3v) is 6.49. The third kappa shape index (κ3) is 5.90. The van der Waals surface area contributed by atoms with Crippen LogP contribution < -0.4 is 19.8 Å². The smallest absolute Gasteiger partial charge is 0.493 e. The van der Waals surface area contributed by atoms with Crippen LogP contribution in [0.2, 0.25) is 0 Å². The van der Waals surface area contributed by atoms with Crippen LogP contribution in [0, 0.1) is 0 Å². The Bertz CT molecular complexity index is 1330. The van der Waals surface area contributed by atoms with Gasteiger partial charge in [0.25, 0.3) is 5.56 Å². The normalized spacial score (nSPS) is 11.8. The van der Waals surface area contributed by atoms with Gasteiger partial charge in [-0.25, -0.2) is 8.42 Å². The molecule has 3 rings (SSSR count). The van der Waals surface area contributed by atoms with Crippen molar-refractivity contribution in [1.29, 1.82) is 0 Å². The summed E-state index contributed by atoms with van der Waals surface area (Å²) >= 11 is 0. The predicted molar refractivity (Wildman–Crippen MR) is 119 cm³/mol. The number of alkyl halides is 3. The van der Waals surface area contributed by atoms with Crippen molar-refractivity contribution in [2.75, 3.05) is 12.4 Å². The molecular weight excluding hydrogens is 475 g/mol. The minimum Gasteiger partial charge on any atom is -0.493 e. The first-order chi connectivity index (χ1) is 15.9. The molecule has 182 valence electrons. The second-order valence-corrected chi connectivity index (χ2v) is 9.39. The van der Waals surface area contributed by atoms with E-state index in [0.29, 0.717) is 11.1 Å². The van der Waals surface area contributed by atoms with Crippen LogP contribution in [-0.4, -0.2) is 31.7 Å². The zero-order valence-electron chi connectivity index (χ0n) is 18.5. The SMILES string of the molecule is CCOc1cc(=O)n(C)cc1-c1cc(S(=O)(=O)CC)ccc1Oc1ccc(OC(F)(F)F)cc1. The monoisotopic (exact) mass is 497 g/mol. The number of aromatic nitrogens is 1. The van der Waals surface area contributed by atoms with E-state index in [-0.39, 0.29) is 40.1 Å². The Labute approximate surface area is 194 Å². The van der Waals surface area contributed by atoms with Crippen molar-refractivity contribution >= 4 is 9.84 Å². The van der Waals surface area contributed by atoms with Gasteiger partial charge in [-0.3, -0.25) is 4.79 Å². The van der Waals surface area contributed by atoms with Crippen LogP contribution in [-0.2, 0) is 16.9 Å². The first-order valence-corrected chi connectivity index (χ1v) is 11.8. The van der Waals surface area contributed by atoms with Crippen LogP contribution in [0.15, 0.2) is 64.4 Å². The Morgan fingerprint density at radius 2 is 1.56 bits per heavy atom. The van der Waals surface area contributed by atoms with Crippen LogP contribution in [0.5, 0.6) is 23.0 Å². The zero-order valence-corrected chi connectivity index (χ0v) is 19.4. The van der Waals surface area contributed by atoms with E-state index in [9.17, 15) is 26.4 Å². The Kier molecular flexibility index (Phi) is 7.25. The largest absolute Gasteiger partial charge is 0.573 e. The fourth-order valence-corrected chi connectivity index (χ4v) is 4.00. The lowest BCUT2D eigenvalue weighted by Gasteiger charge is -2.17. The topological polar surface area (TPSA) is 83.8 Å². The number of nitrogens with zero attached hydrogens (tertiary/aromatic N) is 1. The average molecular weight is 497 g/mol. The molecule has 1 heterocycles. The van der Waals surface area contributed by atoms with Gasteiger partial charge in [0.2, 0.25) is 0 Å². The molecule has 0 saturated heterocycles. The van der Waals surface area contributed by atoms with Crippen molar-refractivity contribution in [3.05, 3.63) is 65.1 Å². The van der Waals surface area contributed by atoms with Crippen LogP contribution >= 0.6 is 0 Å². The highest BCUT2D eigenvalue weighted by Gasteiger charge is 2.31. The quantitative estimate of drug-likeness (QED) is 0.439. The minimum absolute atomic E-state index is 0.0441. The molecule has 34 heavy (non-hydrogen) atoms. The van der Waals surface area contributed by atoms with Crippen LogP contribution in [0.25, 0.3) is 11.1 Å². The second kappa shape index (κ2) is 9.80. The Balaban J connectivity index is 2.12. The molecule has 7 nitrogen and oxygen atoms in total. The van der Waals surface area contributed by atoms with Gasteiger partial charge >= 0.3 is 6.36 Å². The molecular formula is C23H22F3NO6S. The van der Waals surface area contributed by atoms with E-state index in [4.69, 9.17) is 9.47 Å². The molecule has 0 spiro atoms. The summed E-state index contributed by atoms with van der Waals surface area (Å²) in [5, 5.41) is 0. The maximum Gasteiger partial charge on any atom is 0.573 e. The Morgan fingerprint density at radius 3 is 2.15 bits per heavy atom. The van der Waals surface area contributed by atoms with Gasteiger partial charge in [-0.05, 0) is 49.4 Å². The van der Waals surface area contributed by atoms with Crippen LogP contribution in [0.3, 0.4) is 0 Å². The molecule has 0 saturated carbocycles. The van der Waals surface area contributed by atoms with Gasteiger partial charge in [0.05, 0.1) is 17.3 Å². The van der Waals surface area contributed by atoms with Crippen molar-refractivity contribution in [1.82, 2.24) is 4.57 Å². The number of sulfone groups is 1. The highest BCUT2D eigenvalue weighted by atomic mass is 32.2. The van der Waals surface area contributed by atoms with Crippen molar-refractivity contribution in [3.8, 4) is 34.1 Å². The molecule has 0 atom stereocenters. The van der Waals surface area contributed by atoms with Crippen LogP contribution in [0.4, 0.5) is 13.2 Å². The summed E-state index contributed by atoms with van der Waals surface area (Å²) in [6.45, 7) is 3.51. The molecule has 2 aromatic carbocycles. The molecule has 0 N–H and O–H groups in total. The third-order valence-electron chi connectivity index (χ3n) is 4.76. The first kappa shape index (κ1) is 25.2. The summed E-state index contributed by atoms with van der Waals surface area (Å²) in [6, 6.07) is 10.3. The highest BCUT2D eigenvalue weighted by molar-refractivity contribution is 7.91. The summed E-state index contributed by atoms with van der Waals surface area (Å²) in [5.41, 5.74) is 0.403. The lowest BCUT2D eigenvalue weighted by atomic mass is 10.1. The molecule has 1 aromatic heterocycles. The Morgan fingerprint density at radius 1 is 0.912 bits per heavy atom. The molecule has 0 aliphatic heterocycles. The fourth-order valence-electron chi connectivity index (χ4n) is 3.09. The summed E-state index contributed by atoms with van der Waals surface area (Å²) in [5.74, 6) is 0.0826. The molecule has 0 fully saturated rings. The molecule has 11 heteroatoms. The maximum atomic E-state index is 12.5. The van der Waals surface area contributed by atoms with Crippen molar-refractivity contribution in [2.45, 2.75) is 25.1 Å². The van der Waals surface area contributed by atoms with E-state index in [0.717, 1.165) is 12.1 Å². The molecule has 3 aromatic rings. The summed E-state index contributed by atoms with van der Waals surface area (Å²) in [7, 11) is -2.04. The molecule has 0 aliphatic carbocycles. The first-order valence-electron chi connectivity index (χ1n) is 10.2. The summed E-state index contributed by atoms with van der Waals surface area (Å²) < 4.78 is 78.9. The van der Waals surface area contributed by atoms with Gasteiger partial charge in [-0.2, -0.15) is 0 Å². The predicted octanol–water partition coefficient (Wildman–Crippen LogP) is 4.94. The van der Waals surface area contributed by atoms with Crippen molar-refractivity contribution in [2.24, 2.45) is 7.05 Å². The molecule has 0 bridgehead atoms. The van der Waals surface area contributed by atoms with E-state index in [2.05, 4.69) is 4.74 Å². The Hall–Kier alpha value is -3.47. The summed E-state index contributed by atoms with van der Waals surface area (Å²) in [4.78, 5) is 12.2. The van der Waals surface area contributed by atoms with Gasteiger partial charge in [0.15, 0.2) is 9.84 Å². The van der Waals surface area contributed by atoms with E-state index < -0.39 is 21.9 Å². The molecule has 0 amide bonds. The van der Waals surface area contributed by atoms with Gasteiger partial charge in [0.1, 0.15) is 23.0 Å². The number of hydrogen-bond acceptors (Lipinski definition) is 6. The number of benzene rings is 2. The van der Waals surface area contributed by atoms with Crippen LogP contribution in [0.1, 0.15) is 13.8 Å². The molecule has 0 unspecified atom stereocenters. The average Bonchev–Trinajstić information content (AvgIpc) is 2.77. The molecule has 0 radical (unpaired) electrons. The minimum atomic E-state index is -4.82. The zero-order chi connectivity index (χ0) is 25.1. The maximum absolute atomic E-state index is 12.5. The lowest BCUT2D eigenvalue weighted by molar-refractivity contribution is -0.274. The van der Waals surface area contributed by atoms with E-state index >= 15 is 0 Å². The van der Waals surface area contributed by atoms with E-state index in [1.54, 1.807) is 6.92 Å². The van der Waals surface area contributed by atoms with Gasteiger partial charge < -0.3 is 18.8 Å². The number of hydrogen-bond donors (Lipinski definition) is 0. The van der Waals surface area contributed by atoms with E-state index in [1.165, 1.54) is 61.1 Å². The number of aryl methyl sites for hydroxylation is 1. The highest BCUT2D eigenvalue weighted by Crippen LogP contribution is 2.39. The molecule has 0 aliphatic rings.